The third-order valence-corrected chi connectivity index (χ3v) is 5.95. The molecule has 1 saturated heterocycles. The zero-order valence-electron chi connectivity index (χ0n) is 16.4. The number of halogens is 1. The van der Waals surface area contributed by atoms with Crippen molar-refractivity contribution >= 4 is 46.6 Å². The van der Waals surface area contributed by atoms with Crippen molar-refractivity contribution in [2.24, 2.45) is 0 Å². The molecule has 1 aromatic carbocycles. The van der Waals surface area contributed by atoms with Gasteiger partial charge in [-0.05, 0) is 37.1 Å². The molecule has 1 aliphatic rings. The van der Waals surface area contributed by atoms with E-state index in [1.807, 2.05) is 16.7 Å². The molecule has 4 rings (SSSR count). The summed E-state index contributed by atoms with van der Waals surface area (Å²) in [6, 6.07) is 7.78. The number of benzene rings is 1. The highest BCUT2D eigenvalue weighted by molar-refractivity contribution is 7.99. The van der Waals surface area contributed by atoms with Crippen LogP contribution < -0.4 is 10.2 Å². The highest BCUT2D eigenvalue weighted by Crippen LogP contribution is 2.29. The molecule has 0 saturated carbocycles. The number of aromatic nitrogens is 3. The quantitative estimate of drug-likeness (QED) is 0.305. The first-order valence-corrected chi connectivity index (χ1v) is 10.9. The molecular weight excluding hydrogens is 444 g/mol. The largest absolute Gasteiger partial charge is 0.467 e. The van der Waals surface area contributed by atoms with E-state index in [0.29, 0.717) is 11.7 Å². The summed E-state index contributed by atoms with van der Waals surface area (Å²) in [5, 5.41) is 23.2. The normalized spacial score (nSPS) is 13.5. The fourth-order valence-electron chi connectivity index (χ4n) is 3.31. The van der Waals surface area contributed by atoms with Crippen molar-refractivity contribution in [1.82, 2.24) is 14.8 Å². The van der Waals surface area contributed by atoms with Crippen LogP contribution in [0.1, 0.15) is 18.6 Å². The third kappa shape index (κ3) is 5.00. The summed E-state index contributed by atoms with van der Waals surface area (Å²) >= 11 is 7.03. The monoisotopic (exact) mass is 462 g/mol. The van der Waals surface area contributed by atoms with Crippen LogP contribution in [-0.2, 0) is 11.3 Å². The average molecular weight is 463 g/mol. The zero-order chi connectivity index (χ0) is 21.8. The van der Waals surface area contributed by atoms with Gasteiger partial charge in [-0.25, -0.2) is 0 Å². The first-order chi connectivity index (χ1) is 15.0. The summed E-state index contributed by atoms with van der Waals surface area (Å²) in [6.07, 6.45) is 3.80. The Labute approximate surface area is 186 Å². The van der Waals surface area contributed by atoms with Crippen molar-refractivity contribution < 1.29 is 14.1 Å². The van der Waals surface area contributed by atoms with Gasteiger partial charge in [-0.3, -0.25) is 19.5 Å². The van der Waals surface area contributed by atoms with Crippen LogP contribution in [0.3, 0.4) is 0 Å². The summed E-state index contributed by atoms with van der Waals surface area (Å²) in [6.45, 7) is 2.25. The topological polar surface area (TPSA) is 119 Å². The van der Waals surface area contributed by atoms with E-state index >= 15 is 0 Å². The smallest absolute Gasteiger partial charge is 0.294 e. The van der Waals surface area contributed by atoms with Crippen molar-refractivity contribution in [2.75, 3.05) is 29.1 Å². The molecule has 2 aromatic heterocycles. The van der Waals surface area contributed by atoms with Crippen molar-refractivity contribution in [3.63, 3.8) is 0 Å². The summed E-state index contributed by atoms with van der Waals surface area (Å²) in [5.74, 6) is 1.11. The Kier molecular flexibility index (Phi) is 6.42. The van der Waals surface area contributed by atoms with Crippen LogP contribution in [0.5, 0.6) is 0 Å². The maximum absolute atomic E-state index is 12.5. The van der Waals surface area contributed by atoms with Gasteiger partial charge in [-0.2, -0.15) is 0 Å². The molecule has 0 spiro atoms. The lowest BCUT2D eigenvalue weighted by molar-refractivity contribution is -0.383. The standard InChI is InChI=1S/C19H19ClN6O4S/c20-13-5-6-15(16(10-13)26(28)29)21-17(27)12-31-19-23-22-18(24-7-1-2-8-24)25(19)11-14-4-3-9-30-14/h3-6,9-10H,1-2,7-8,11-12H2,(H,21,27). The number of furan rings is 1. The van der Waals surface area contributed by atoms with Crippen LogP contribution in [0.15, 0.2) is 46.2 Å². The van der Waals surface area contributed by atoms with Crippen LogP contribution in [0.25, 0.3) is 0 Å². The van der Waals surface area contributed by atoms with Gasteiger partial charge in [-0.15, -0.1) is 10.2 Å². The molecule has 1 fully saturated rings. The van der Waals surface area contributed by atoms with Gasteiger partial charge in [0, 0.05) is 24.2 Å². The van der Waals surface area contributed by atoms with Gasteiger partial charge in [0.05, 0.1) is 23.5 Å². The van der Waals surface area contributed by atoms with E-state index in [4.69, 9.17) is 16.0 Å². The lowest BCUT2D eigenvalue weighted by atomic mass is 10.2. The van der Waals surface area contributed by atoms with E-state index < -0.39 is 10.8 Å². The predicted molar refractivity (Wildman–Crippen MR) is 117 cm³/mol. The second-order valence-electron chi connectivity index (χ2n) is 6.90. The molecule has 0 aliphatic carbocycles. The summed E-state index contributed by atoms with van der Waals surface area (Å²) in [4.78, 5) is 25.3. The number of hydrogen-bond donors (Lipinski definition) is 1. The SMILES string of the molecule is O=C(CSc1nnc(N2CCCC2)n1Cc1ccco1)Nc1ccc(Cl)cc1[N+](=O)[O-]. The average Bonchev–Trinajstić information content (AvgIpc) is 3.50. The number of nitro benzene ring substituents is 1. The van der Waals surface area contributed by atoms with E-state index in [-0.39, 0.29) is 22.2 Å². The molecule has 12 heteroatoms. The van der Waals surface area contributed by atoms with Gasteiger partial charge in [-0.1, -0.05) is 23.4 Å². The highest BCUT2D eigenvalue weighted by atomic mass is 35.5. The predicted octanol–water partition coefficient (Wildman–Crippen LogP) is 3.81. The molecule has 0 unspecified atom stereocenters. The Morgan fingerprint density at radius 2 is 2.10 bits per heavy atom. The Hall–Kier alpha value is -3.05. The highest BCUT2D eigenvalue weighted by Gasteiger charge is 2.23. The van der Waals surface area contributed by atoms with Crippen LogP contribution in [0, 0.1) is 10.1 Å². The van der Waals surface area contributed by atoms with E-state index in [1.54, 1.807) is 6.26 Å². The van der Waals surface area contributed by atoms with Gasteiger partial charge in [0.2, 0.25) is 11.9 Å². The number of anilines is 2. The number of amides is 1. The number of nitro groups is 1. The Bertz CT molecular complexity index is 1080. The lowest BCUT2D eigenvalue weighted by Gasteiger charge is -2.17. The summed E-state index contributed by atoms with van der Waals surface area (Å²) in [7, 11) is 0. The lowest BCUT2D eigenvalue weighted by Crippen LogP contribution is -2.23. The first kappa shape index (κ1) is 21.2. The number of carbonyl (C=O) groups is 1. The minimum atomic E-state index is -0.586. The third-order valence-electron chi connectivity index (χ3n) is 4.74. The van der Waals surface area contributed by atoms with E-state index in [2.05, 4.69) is 20.4 Å². The number of rotatable bonds is 8. The van der Waals surface area contributed by atoms with Gasteiger partial charge in [0.15, 0.2) is 5.16 Å². The van der Waals surface area contributed by atoms with Gasteiger partial charge < -0.3 is 14.6 Å². The minimum absolute atomic E-state index is 0.00999. The number of nitrogens with one attached hydrogen (secondary N) is 1. The van der Waals surface area contributed by atoms with Gasteiger partial charge >= 0.3 is 0 Å². The Balaban J connectivity index is 1.48. The molecule has 0 radical (unpaired) electrons. The fourth-order valence-corrected chi connectivity index (χ4v) is 4.21. The van der Waals surface area contributed by atoms with E-state index in [1.165, 1.54) is 30.0 Å². The van der Waals surface area contributed by atoms with Gasteiger partial charge in [0.1, 0.15) is 11.4 Å². The zero-order valence-corrected chi connectivity index (χ0v) is 17.9. The molecule has 10 nitrogen and oxygen atoms in total. The van der Waals surface area contributed by atoms with Crippen LogP contribution in [0.4, 0.5) is 17.3 Å². The fraction of sp³-hybridized carbons (Fsp3) is 0.316. The van der Waals surface area contributed by atoms with Crippen LogP contribution >= 0.6 is 23.4 Å². The van der Waals surface area contributed by atoms with Crippen molar-refractivity contribution in [3.8, 4) is 0 Å². The van der Waals surface area contributed by atoms with Crippen LogP contribution in [-0.4, -0.2) is 44.4 Å². The van der Waals surface area contributed by atoms with Gasteiger partial charge in [0.25, 0.3) is 5.69 Å². The Morgan fingerprint density at radius 1 is 1.29 bits per heavy atom. The maximum Gasteiger partial charge on any atom is 0.294 e. The first-order valence-electron chi connectivity index (χ1n) is 9.58. The molecule has 0 bridgehead atoms. The molecule has 1 amide bonds. The molecule has 31 heavy (non-hydrogen) atoms. The maximum atomic E-state index is 12.5. The number of thioether (sulfide) groups is 1. The van der Waals surface area contributed by atoms with Crippen LogP contribution in [0.2, 0.25) is 5.02 Å². The summed E-state index contributed by atoms with van der Waals surface area (Å²) < 4.78 is 7.39. The van der Waals surface area contributed by atoms with Crippen molar-refractivity contribution in [3.05, 3.63) is 57.5 Å². The van der Waals surface area contributed by atoms with Crippen molar-refractivity contribution in [1.29, 1.82) is 0 Å². The molecule has 1 N–H and O–H groups in total. The molecular formula is C19H19ClN6O4S. The molecule has 162 valence electrons. The number of carbonyl (C=O) groups excluding carboxylic acids is 1. The molecule has 0 atom stereocenters. The second-order valence-corrected chi connectivity index (χ2v) is 8.28. The second kappa shape index (κ2) is 9.40. The Morgan fingerprint density at radius 3 is 2.81 bits per heavy atom. The van der Waals surface area contributed by atoms with E-state index in [9.17, 15) is 14.9 Å². The van der Waals surface area contributed by atoms with E-state index in [0.717, 1.165) is 37.6 Å². The number of hydrogen-bond acceptors (Lipinski definition) is 8. The molecule has 1 aliphatic heterocycles. The summed E-state index contributed by atoms with van der Waals surface area (Å²) in [5.41, 5.74) is -0.169. The molecule has 3 aromatic rings. The molecule has 3 heterocycles. The number of nitrogens with zero attached hydrogens (tertiary/aromatic N) is 5. The van der Waals surface area contributed by atoms with Crippen molar-refractivity contribution in [2.45, 2.75) is 24.5 Å². The minimum Gasteiger partial charge on any atom is -0.467 e.